The monoisotopic (exact) mass is 196 g/mol. The number of aromatic nitrogens is 1. The Labute approximate surface area is 81.5 Å². The van der Waals surface area contributed by atoms with E-state index in [0.29, 0.717) is 24.8 Å². The SMILES string of the molecule is Nc1cccnc1OC1COCC1O. The summed E-state index contributed by atoms with van der Waals surface area (Å²) in [6, 6.07) is 3.42. The smallest absolute Gasteiger partial charge is 0.237 e. The topological polar surface area (TPSA) is 77.6 Å². The van der Waals surface area contributed by atoms with E-state index in [9.17, 15) is 5.11 Å². The van der Waals surface area contributed by atoms with Gasteiger partial charge in [0.25, 0.3) is 0 Å². The van der Waals surface area contributed by atoms with Gasteiger partial charge in [-0.25, -0.2) is 4.98 Å². The number of anilines is 1. The summed E-state index contributed by atoms with van der Waals surface area (Å²) in [6.07, 6.45) is 0.622. The summed E-state index contributed by atoms with van der Waals surface area (Å²) in [4.78, 5) is 3.96. The van der Waals surface area contributed by atoms with Gasteiger partial charge in [-0.3, -0.25) is 0 Å². The zero-order chi connectivity index (χ0) is 9.97. The Hall–Kier alpha value is -1.33. The third-order valence-corrected chi connectivity index (χ3v) is 2.06. The Morgan fingerprint density at radius 1 is 1.57 bits per heavy atom. The lowest BCUT2D eigenvalue weighted by molar-refractivity contribution is 0.0709. The van der Waals surface area contributed by atoms with Crippen LogP contribution in [0, 0.1) is 0 Å². The number of hydrogen-bond acceptors (Lipinski definition) is 5. The van der Waals surface area contributed by atoms with E-state index in [0.717, 1.165) is 0 Å². The highest BCUT2D eigenvalue weighted by Gasteiger charge is 2.28. The van der Waals surface area contributed by atoms with E-state index in [-0.39, 0.29) is 6.10 Å². The normalized spacial score (nSPS) is 26.4. The number of pyridine rings is 1. The van der Waals surface area contributed by atoms with Crippen LogP contribution in [0.5, 0.6) is 5.88 Å². The van der Waals surface area contributed by atoms with E-state index in [2.05, 4.69) is 4.98 Å². The lowest BCUT2D eigenvalue weighted by Gasteiger charge is -2.15. The van der Waals surface area contributed by atoms with Crippen molar-refractivity contribution in [2.24, 2.45) is 0 Å². The lowest BCUT2D eigenvalue weighted by Crippen LogP contribution is -2.30. The number of nitrogens with zero attached hydrogens (tertiary/aromatic N) is 1. The highest BCUT2D eigenvalue weighted by Crippen LogP contribution is 2.20. The molecule has 0 bridgehead atoms. The maximum Gasteiger partial charge on any atom is 0.237 e. The number of nitrogen functional groups attached to an aromatic ring is 1. The van der Waals surface area contributed by atoms with Crippen LogP contribution in [-0.2, 0) is 4.74 Å². The third kappa shape index (κ3) is 1.78. The van der Waals surface area contributed by atoms with Crippen molar-refractivity contribution in [1.82, 2.24) is 4.98 Å². The van der Waals surface area contributed by atoms with Crippen LogP contribution in [0.4, 0.5) is 5.69 Å². The number of nitrogens with two attached hydrogens (primary N) is 1. The highest BCUT2D eigenvalue weighted by atomic mass is 16.6. The molecule has 1 aliphatic heterocycles. The molecule has 2 atom stereocenters. The molecular weight excluding hydrogens is 184 g/mol. The lowest BCUT2D eigenvalue weighted by atomic mass is 10.2. The fourth-order valence-corrected chi connectivity index (χ4v) is 1.28. The summed E-state index contributed by atoms with van der Waals surface area (Å²) in [7, 11) is 0. The maximum atomic E-state index is 9.42. The average Bonchev–Trinajstić information content (AvgIpc) is 2.56. The first-order chi connectivity index (χ1) is 6.77. The van der Waals surface area contributed by atoms with E-state index >= 15 is 0 Å². The van der Waals surface area contributed by atoms with Crippen LogP contribution in [0.2, 0.25) is 0 Å². The largest absolute Gasteiger partial charge is 0.468 e. The minimum Gasteiger partial charge on any atom is -0.468 e. The van der Waals surface area contributed by atoms with Gasteiger partial charge in [0.2, 0.25) is 5.88 Å². The molecule has 1 aromatic heterocycles. The van der Waals surface area contributed by atoms with Crippen molar-refractivity contribution in [3.05, 3.63) is 18.3 Å². The molecule has 0 saturated carbocycles. The zero-order valence-electron chi connectivity index (χ0n) is 7.59. The van der Waals surface area contributed by atoms with E-state index in [4.69, 9.17) is 15.2 Å². The molecule has 0 aliphatic carbocycles. The summed E-state index contributed by atoms with van der Waals surface area (Å²) in [5.74, 6) is 0.349. The first-order valence-corrected chi connectivity index (χ1v) is 4.40. The molecule has 5 heteroatoms. The van der Waals surface area contributed by atoms with Crippen molar-refractivity contribution in [2.45, 2.75) is 12.2 Å². The Morgan fingerprint density at radius 2 is 2.43 bits per heavy atom. The molecular formula is C9H12N2O3. The standard InChI is InChI=1S/C9H12N2O3/c10-6-2-1-3-11-9(6)14-8-5-13-4-7(8)12/h1-3,7-8,12H,4-5,10H2. The zero-order valence-corrected chi connectivity index (χ0v) is 7.59. The first-order valence-electron chi connectivity index (χ1n) is 4.40. The van der Waals surface area contributed by atoms with Crippen molar-refractivity contribution < 1.29 is 14.6 Å². The Kier molecular flexibility index (Phi) is 2.51. The van der Waals surface area contributed by atoms with Gasteiger partial charge in [-0.2, -0.15) is 0 Å². The fraction of sp³-hybridized carbons (Fsp3) is 0.444. The van der Waals surface area contributed by atoms with Gasteiger partial charge >= 0.3 is 0 Å². The van der Waals surface area contributed by atoms with Gasteiger partial charge in [-0.05, 0) is 12.1 Å². The molecule has 2 rings (SSSR count). The van der Waals surface area contributed by atoms with Gasteiger partial charge in [0.05, 0.1) is 18.9 Å². The van der Waals surface area contributed by atoms with Crippen LogP contribution in [0.25, 0.3) is 0 Å². The highest BCUT2D eigenvalue weighted by molar-refractivity contribution is 5.46. The minimum atomic E-state index is -0.601. The molecule has 14 heavy (non-hydrogen) atoms. The average molecular weight is 196 g/mol. The summed E-state index contributed by atoms with van der Waals surface area (Å²) in [6.45, 7) is 0.675. The summed E-state index contributed by atoms with van der Waals surface area (Å²) in [5, 5.41) is 9.42. The summed E-state index contributed by atoms with van der Waals surface area (Å²) < 4.78 is 10.4. The maximum absolute atomic E-state index is 9.42. The van der Waals surface area contributed by atoms with E-state index in [1.807, 2.05) is 0 Å². The second-order valence-corrected chi connectivity index (χ2v) is 3.16. The van der Waals surface area contributed by atoms with Crippen LogP contribution in [0.15, 0.2) is 18.3 Å². The summed E-state index contributed by atoms with van der Waals surface area (Å²) >= 11 is 0. The molecule has 1 fully saturated rings. The van der Waals surface area contributed by atoms with E-state index < -0.39 is 6.10 Å². The predicted molar refractivity (Wildman–Crippen MR) is 49.9 cm³/mol. The Morgan fingerprint density at radius 3 is 3.07 bits per heavy atom. The molecule has 0 aromatic carbocycles. The van der Waals surface area contributed by atoms with Crippen LogP contribution in [0.3, 0.4) is 0 Å². The number of rotatable bonds is 2. The third-order valence-electron chi connectivity index (χ3n) is 2.06. The molecule has 5 nitrogen and oxygen atoms in total. The molecule has 0 spiro atoms. The second kappa shape index (κ2) is 3.81. The number of aliphatic hydroxyl groups excluding tert-OH is 1. The van der Waals surface area contributed by atoms with Crippen LogP contribution >= 0.6 is 0 Å². The van der Waals surface area contributed by atoms with Gasteiger partial charge < -0.3 is 20.3 Å². The second-order valence-electron chi connectivity index (χ2n) is 3.16. The van der Waals surface area contributed by atoms with E-state index in [1.54, 1.807) is 18.3 Å². The Bertz CT molecular complexity index is 319. The molecule has 1 saturated heterocycles. The number of aliphatic hydroxyl groups is 1. The van der Waals surface area contributed by atoms with Gasteiger partial charge in [0, 0.05) is 6.20 Å². The predicted octanol–water partition coefficient (Wildman–Crippen LogP) is -0.198. The molecule has 1 aliphatic rings. The van der Waals surface area contributed by atoms with Crippen LogP contribution in [0.1, 0.15) is 0 Å². The van der Waals surface area contributed by atoms with Crippen molar-refractivity contribution in [3.63, 3.8) is 0 Å². The minimum absolute atomic E-state index is 0.303. The van der Waals surface area contributed by atoms with Crippen LogP contribution < -0.4 is 10.5 Å². The first kappa shape index (κ1) is 9.23. The van der Waals surface area contributed by atoms with Crippen molar-refractivity contribution >= 4 is 5.69 Å². The van der Waals surface area contributed by atoms with Gasteiger partial charge in [-0.1, -0.05) is 0 Å². The molecule has 0 radical (unpaired) electrons. The van der Waals surface area contributed by atoms with E-state index in [1.165, 1.54) is 0 Å². The summed E-state index contributed by atoms with van der Waals surface area (Å²) in [5.41, 5.74) is 6.10. The van der Waals surface area contributed by atoms with Crippen molar-refractivity contribution in [3.8, 4) is 5.88 Å². The van der Waals surface area contributed by atoms with Gasteiger partial charge in [-0.15, -0.1) is 0 Å². The van der Waals surface area contributed by atoms with Gasteiger partial charge in [0.1, 0.15) is 6.10 Å². The quantitative estimate of drug-likeness (QED) is 0.685. The molecule has 2 unspecified atom stereocenters. The molecule has 0 amide bonds. The molecule has 3 N–H and O–H groups in total. The number of hydrogen-bond donors (Lipinski definition) is 2. The van der Waals surface area contributed by atoms with Crippen molar-refractivity contribution in [1.29, 1.82) is 0 Å². The fourth-order valence-electron chi connectivity index (χ4n) is 1.28. The molecule has 76 valence electrons. The van der Waals surface area contributed by atoms with Crippen LogP contribution in [-0.4, -0.2) is 35.5 Å². The number of ether oxygens (including phenoxy) is 2. The Balaban J connectivity index is 2.07. The van der Waals surface area contributed by atoms with Crippen molar-refractivity contribution in [2.75, 3.05) is 18.9 Å². The molecule has 2 heterocycles. The molecule has 1 aromatic rings. The van der Waals surface area contributed by atoms with Gasteiger partial charge in [0.15, 0.2) is 6.10 Å².